The molecular weight excluding hydrogens is 254 g/mol. The molecule has 1 heterocycles. The summed E-state index contributed by atoms with van der Waals surface area (Å²) < 4.78 is 0. The van der Waals surface area contributed by atoms with Crippen LogP contribution in [0, 0.1) is 11.8 Å². The fourth-order valence-electron chi connectivity index (χ4n) is 2.11. The van der Waals surface area contributed by atoms with E-state index in [2.05, 4.69) is 22.5 Å². The van der Waals surface area contributed by atoms with E-state index in [9.17, 15) is 9.59 Å². The molecule has 0 aromatic carbocycles. The Morgan fingerprint density at radius 2 is 2.00 bits per heavy atom. The van der Waals surface area contributed by atoms with Gasteiger partial charge < -0.3 is 10.6 Å². The zero-order valence-corrected chi connectivity index (χ0v) is 11.8. The van der Waals surface area contributed by atoms with E-state index in [1.807, 2.05) is 18.2 Å². The van der Waals surface area contributed by atoms with Gasteiger partial charge in [-0.05, 0) is 25.0 Å². The molecule has 0 bridgehead atoms. The fourth-order valence-corrected chi connectivity index (χ4v) is 2.11. The molecule has 1 fully saturated rings. The highest BCUT2D eigenvalue weighted by molar-refractivity contribution is 5.92. The summed E-state index contributed by atoms with van der Waals surface area (Å²) in [4.78, 5) is 27.8. The predicted molar refractivity (Wildman–Crippen MR) is 75.6 cm³/mol. The molecule has 5 nitrogen and oxygen atoms in total. The van der Waals surface area contributed by atoms with Crippen molar-refractivity contribution in [2.24, 2.45) is 11.8 Å². The number of aromatic nitrogens is 1. The number of rotatable bonds is 7. The first kappa shape index (κ1) is 14.5. The van der Waals surface area contributed by atoms with Gasteiger partial charge in [0.25, 0.3) is 0 Å². The summed E-state index contributed by atoms with van der Waals surface area (Å²) in [6.07, 6.45) is 4.39. The van der Waals surface area contributed by atoms with Crippen molar-refractivity contribution in [3.8, 4) is 0 Å². The van der Waals surface area contributed by atoms with E-state index < -0.39 is 0 Å². The molecule has 108 valence electrons. The topological polar surface area (TPSA) is 71.1 Å². The van der Waals surface area contributed by atoms with Crippen molar-refractivity contribution in [2.45, 2.75) is 32.7 Å². The quantitative estimate of drug-likeness (QED) is 0.736. The van der Waals surface area contributed by atoms with Gasteiger partial charge in [0.05, 0.1) is 24.1 Å². The number of unbranched alkanes of at least 4 members (excludes halogenated alkanes) is 1. The molecule has 1 aromatic rings. The lowest BCUT2D eigenvalue weighted by molar-refractivity contribution is -0.127. The average molecular weight is 275 g/mol. The molecule has 1 aliphatic rings. The Labute approximate surface area is 119 Å². The zero-order valence-electron chi connectivity index (χ0n) is 11.8. The number of nitrogens with zero attached hydrogens (tertiary/aromatic N) is 1. The molecular formula is C15H21N3O2. The van der Waals surface area contributed by atoms with E-state index in [4.69, 9.17) is 0 Å². The Kier molecular flexibility index (Phi) is 5.09. The highest BCUT2D eigenvalue weighted by atomic mass is 16.2. The van der Waals surface area contributed by atoms with Crippen LogP contribution in [-0.2, 0) is 16.1 Å². The summed E-state index contributed by atoms with van der Waals surface area (Å²) in [5, 5.41) is 5.70. The van der Waals surface area contributed by atoms with Crippen molar-refractivity contribution < 1.29 is 9.59 Å². The second kappa shape index (κ2) is 7.03. The molecule has 2 amide bonds. The minimum absolute atomic E-state index is 0.0106. The lowest BCUT2D eigenvalue weighted by Gasteiger charge is -2.05. The molecule has 1 saturated carbocycles. The van der Waals surface area contributed by atoms with Crippen LogP contribution >= 0.6 is 0 Å². The minimum Gasteiger partial charge on any atom is -0.356 e. The van der Waals surface area contributed by atoms with Crippen molar-refractivity contribution in [3.63, 3.8) is 0 Å². The van der Waals surface area contributed by atoms with Gasteiger partial charge in [0.15, 0.2) is 0 Å². The van der Waals surface area contributed by atoms with Crippen LogP contribution in [0.3, 0.4) is 0 Å². The van der Waals surface area contributed by atoms with Gasteiger partial charge in [-0.1, -0.05) is 19.4 Å². The van der Waals surface area contributed by atoms with Crippen molar-refractivity contribution in [1.82, 2.24) is 15.6 Å². The highest BCUT2D eigenvalue weighted by Crippen LogP contribution is 2.38. The van der Waals surface area contributed by atoms with Gasteiger partial charge in [0.2, 0.25) is 11.8 Å². The maximum Gasteiger partial charge on any atom is 0.224 e. The predicted octanol–water partition coefficient (Wildman–Crippen LogP) is 1.25. The van der Waals surface area contributed by atoms with Crippen LogP contribution in [0.4, 0.5) is 0 Å². The van der Waals surface area contributed by atoms with Crippen LogP contribution in [0.2, 0.25) is 0 Å². The molecule has 2 unspecified atom stereocenters. The van der Waals surface area contributed by atoms with E-state index in [-0.39, 0.29) is 23.7 Å². The Bertz CT molecular complexity index is 461. The Balaban J connectivity index is 1.69. The largest absolute Gasteiger partial charge is 0.356 e. The number of hydrogen-bond acceptors (Lipinski definition) is 3. The van der Waals surface area contributed by atoms with Crippen LogP contribution in [-0.4, -0.2) is 23.3 Å². The lowest BCUT2D eigenvalue weighted by Crippen LogP contribution is -2.30. The normalized spacial score (nSPS) is 20.2. The summed E-state index contributed by atoms with van der Waals surface area (Å²) >= 11 is 0. The smallest absolute Gasteiger partial charge is 0.224 e. The Morgan fingerprint density at radius 3 is 2.65 bits per heavy atom. The third kappa shape index (κ3) is 4.05. The van der Waals surface area contributed by atoms with E-state index in [1.54, 1.807) is 6.20 Å². The Hall–Kier alpha value is -1.91. The standard InChI is InChI=1S/C15H21N3O2/c1-2-3-7-17-14(19)12-9-13(12)15(20)18-10-11-6-4-5-8-16-11/h4-6,8,12-13H,2-3,7,9-10H2,1H3,(H,17,19)(H,18,20). The van der Waals surface area contributed by atoms with E-state index >= 15 is 0 Å². The zero-order chi connectivity index (χ0) is 14.4. The summed E-state index contributed by atoms with van der Waals surface area (Å²) in [6, 6.07) is 5.58. The third-order valence-electron chi connectivity index (χ3n) is 3.46. The maximum atomic E-state index is 11.9. The molecule has 2 N–H and O–H groups in total. The van der Waals surface area contributed by atoms with Gasteiger partial charge >= 0.3 is 0 Å². The number of carbonyl (C=O) groups excluding carboxylic acids is 2. The lowest BCUT2D eigenvalue weighted by atomic mass is 10.2. The van der Waals surface area contributed by atoms with Crippen molar-refractivity contribution in [1.29, 1.82) is 0 Å². The summed E-state index contributed by atoms with van der Waals surface area (Å²) in [7, 11) is 0. The molecule has 20 heavy (non-hydrogen) atoms. The first-order chi connectivity index (χ1) is 9.72. The van der Waals surface area contributed by atoms with Crippen molar-refractivity contribution >= 4 is 11.8 Å². The summed E-state index contributed by atoms with van der Waals surface area (Å²) in [6.45, 7) is 3.20. The van der Waals surface area contributed by atoms with Gasteiger partial charge in [-0.15, -0.1) is 0 Å². The van der Waals surface area contributed by atoms with Crippen LogP contribution in [0.5, 0.6) is 0 Å². The van der Waals surface area contributed by atoms with Crippen molar-refractivity contribution in [2.75, 3.05) is 6.54 Å². The number of carbonyl (C=O) groups is 2. The van der Waals surface area contributed by atoms with Gasteiger partial charge in [-0.25, -0.2) is 0 Å². The maximum absolute atomic E-state index is 11.9. The van der Waals surface area contributed by atoms with Crippen LogP contribution < -0.4 is 10.6 Å². The van der Waals surface area contributed by atoms with Gasteiger partial charge in [-0.3, -0.25) is 14.6 Å². The highest BCUT2D eigenvalue weighted by Gasteiger charge is 2.47. The second-order valence-electron chi connectivity index (χ2n) is 5.13. The van der Waals surface area contributed by atoms with Gasteiger partial charge in [0.1, 0.15) is 0 Å². The third-order valence-corrected chi connectivity index (χ3v) is 3.46. The number of hydrogen-bond donors (Lipinski definition) is 2. The van der Waals surface area contributed by atoms with Gasteiger partial charge in [-0.2, -0.15) is 0 Å². The second-order valence-corrected chi connectivity index (χ2v) is 5.13. The first-order valence-electron chi connectivity index (χ1n) is 7.17. The molecule has 2 atom stereocenters. The fraction of sp³-hybridized carbons (Fsp3) is 0.533. The average Bonchev–Trinajstić information content (AvgIpc) is 3.26. The summed E-state index contributed by atoms with van der Waals surface area (Å²) in [5.74, 6) is -0.348. The van der Waals surface area contributed by atoms with Crippen LogP contribution in [0.1, 0.15) is 31.9 Å². The molecule has 0 aliphatic heterocycles. The van der Waals surface area contributed by atoms with E-state index in [0.717, 1.165) is 18.5 Å². The molecule has 0 spiro atoms. The van der Waals surface area contributed by atoms with Crippen LogP contribution in [0.25, 0.3) is 0 Å². The number of nitrogens with one attached hydrogen (secondary N) is 2. The molecule has 0 radical (unpaired) electrons. The number of amides is 2. The van der Waals surface area contributed by atoms with Gasteiger partial charge in [0, 0.05) is 12.7 Å². The van der Waals surface area contributed by atoms with E-state index in [0.29, 0.717) is 19.5 Å². The molecule has 2 rings (SSSR count). The minimum atomic E-state index is -0.166. The molecule has 5 heteroatoms. The SMILES string of the molecule is CCCCNC(=O)C1CC1C(=O)NCc1ccccn1. The summed E-state index contributed by atoms with van der Waals surface area (Å²) in [5.41, 5.74) is 0.824. The molecule has 1 aliphatic carbocycles. The van der Waals surface area contributed by atoms with E-state index in [1.165, 1.54) is 0 Å². The monoisotopic (exact) mass is 275 g/mol. The molecule has 1 aromatic heterocycles. The molecule has 0 saturated heterocycles. The Morgan fingerprint density at radius 1 is 1.25 bits per heavy atom. The number of pyridine rings is 1. The van der Waals surface area contributed by atoms with Crippen LogP contribution in [0.15, 0.2) is 24.4 Å². The first-order valence-corrected chi connectivity index (χ1v) is 7.17. The van der Waals surface area contributed by atoms with Crippen molar-refractivity contribution in [3.05, 3.63) is 30.1 Å².